The highest BCUT2D eigenvalue weighted by molar-refractivity contribution is 9.10. The summed E-state index contributed by atoms with van der Waals surface area (Å²) < 4.78 is 11.4. The lowest BCUT2D eigenvalue weighted by Crippen LogP contribution is -1.94. The van der Waals surface area contributed by atoms with Crippen molar-refractivity contribution in [2.75, 3.05) is 14.2 Å². The molecule has 0 saturated carbocycles. The topological polar surface area (TPSA) is 85.4 Å². The van der Waals surface area contributed by atoms with Crippen LogP contribution in [0.2, 0.25) is 0 Å². The molecule has 0 atom stereocenters. The Morgan fingerprint density at radius 1 is 1.25 bits per heavy atom. The largest absolute Gasteiger partial charge is 0.493 e. The average molecular weight is 389 g/mol. The first-order valence-corrected chi connectivity index (χ1v) is 7.57. The van der Waals surface area contributed by atoms with Crippen LogP contribution >= 0.6 is 15.9 Å². The number of allylic oxidation sites excluding steroid dienone is 1. The quantitative estimate of drug-likeness (QED) is 0.327. The van der Waals surface area contributed by atoms with Crippen LogP contribution in [0.4, 0.5) is 5.69 Å². The lowest BCUT2D eigenvalue weighted by molar-refractivity contribution is -0.384. The van der Waals surface area contributed by atoms with Gasteiger partial charge in [0.15, 0.2) is 11.5 Å². The summed E-state index contributed by atoms with van der Waals surface area (Å²) in [5.74, 6) is 1.02. The minimum Gasteiger partial charge on any atom is -0.493 e. The second-order valence-corrected chi connectivity index (χ2v) is 5.62. The average Bonchev–Trinajstić information content (AvgIpc) is 2.59. The molecule has 7 heteroatoms. The van der Waals surface area contributed by atoms with Crippen molar-refractivity contribution < 1.29 is 14.4 Å². The molecule has 0 saturated heterocycles. The summed E-state index contributed by atoms with van der Waals surface area (Å²) >= 11 is 3.39. The molecule has 6 nitrogen and oxygen atoms in total. The number of nitro groups is 1. The normalized spacial score (nSPS) is 10.8. The Morgan fingerprint density at radius 2 is 1.92 bits per heavy atom. The molecule has 0 aliphatic carbocycles. The Labute approximate surface area is 147 Å². The molecular weight excluding hydrogens is 376 g/mol. The smallest absolute Gasteiger partial charge is 0.269 e. The van der Waals surface area contributed by atoms with E-state index in [1.807, 2.05) is 0 Å². The fraction of sp³-hybridized carbons (Fsp3) is 0.118. The number of benzene rings is 2. The van der Waals surface area contributed by atoms with E-state index < -0.39 is 4.92 Å². The van der Waals surface area contributed by atoms with Crippen LogP contribution in [0.3, 0.4) is 0 Å². The number of nitriles is 1. The van der Waals surface area contributed by atoms with E-state index in [9.17, 15) is 15.4 Å². The second kappa shape index (κ2) is 7.62. The zero-order valence-corrected chi connectivity index (χ0v) is 14.5. The molecular formula is C17H13BrN2O4. The summed E-state index contributed by atoms with van der Waals surface area (Å²) in [6.07, 6.45) is 1.65. The molecule has 0 bridgehead atoms. The van der Waals surface area contributed by atoms with Crippen molar-refractivity contribution >= 4 is 33.3 Å². The SMILES string of the molecule is COc1cc(Br)cc(/C=C(/C#N)c2ccc([N+](=O)[O-])cc2)c1OC. The molecule has 0 heterocycles. The summed E-state index contributed by atoms with van der Waals surface area (Å²) in [6.45, 7) is 0. The van der Waals surface area contributed by atoms with Crippen molar-refractivity contribution in [3.8, 4) is 17.6 Å². The maximum Gasteiger partial charge on any atom is 0.269 e. The van der Waals surface area contributed by atoms with E-state index in [0.29, 0.717) is 28.2 Å². The zero-order chi connectivity index (χ0) is 17.7. The molecule has 0 aromatic heterocycles. The maximum atomic E-state index is 10.7. The van der Waals surface area contributed by atoms with E-state index in [4.69, 9.17) is 9.47 Å². The first-order chi connectivity index (χ1) is 11.5. The molecule has 0 fully saturated rings. The van der Waals surface area contributed by atoms with Gasteiger partial charge in [-0.15, -0.1) is 0 Å². The minimum absolute atomic E-state index is 0.0299. The zero-order valence-electron chi connectivity index (χ0n) is 12.9. The number of halogens is 1. The molecule has 0 aliphatic heterocycles. The van der Waals surface area contributed by atoms with Gasteiger partial charge in [-0.25, -0.2) is 0 Å². The molecule has 122 valence electrons. The molecule has 24 heavy (non-hydrogen) atoms. The number of ether oxygens (including phenoxy) is 2. The van der Waals surface area contributed by atoms with Crippen molar-refractivity contribution in [1.29, 1.82) is 5.26 Å². The van der Waals surface area contributed by atoms with Crippen LogP contribution in [0.25, 0.3) is 11.6 Å². The molecule has 0 amide bonds. The van der Waals surface area contributed by atoms with Crippen LogP contribution in [0.15, 0.2) is 40.9 Å². The van der Waals surface area contributed by atoms with Crippen LogP contribution in [0, 0.1) is 21.4 Å². The van der Waals surface area contributed by atoms with E-state index >= 15 is 0 Å². The molecule has 0 aliphatic rings. The van der Waals surface area contributed by atoms with Crippen LogP contribution in [-0.2, 0) is 0 Å². The van der Waals surface area contributed by atoms with Crippen LogP contribution in [0.5, 0.6) is 11.5 Å². The third kappa shape index (κ3) is 3.73. The standard InChI is InChI=1S/C17H13BrN2O4/c1-23-16-9-14(18)8-12(17(16)24-2)7-13(10-19)11-3-5-15(6-4-11)20(21)22/h3-9H,1-2H3/b13-7-. The Kier molecular flexibility index (Phi) is 5.55. The van der Waals surface area contributed by atoms with Crippen LogP contribution in [-0.4, -0.2) is 19.1 Å². The summed E-state index contributed by atoms with van der Waals surface area (Å²) in [5.41, 5.74) is 1.55. The van der Waals surface area contributed by atoms with Gasteiger partial charge in [0, 0.05) is 22.2 Å². The Balaban J connectivity index is 2.53. The number of nitrogens with zero attached hydrogens (tertiary/aromatic N) is 2. The van der Waals surface area contributed by atoms with Crippen LogP contribution in [0.1, 0.15) is 11.1 Å². The first-order valence-electron chi connectivity index (χ1n) is 6.78. The van der Waals surface area contributed by atoms with E-state index in [-0.39, 0.29) is 5.69 Å². The van der Waals surface area contributed by atoms with Gasteiger partial charge in [-0.3, -0.25) is 10.1 Å². The summed E-state index contributed by atoms with van der Waals surface area (Å²) in [5, 5.41) is 20.2. The van der Waals surface area contributed by atoms with Crippen LogP contribution < -0.4 is 9.47 Å². The molecule has 2 aromatic rings. The van der Waals surface area contributed by atoms with Gasteiger partial charge in [-0.2, -0.15) is 5.26 Å². The highest BCUT2D eigenvalue weighted by Crippen LogP contribution is 2.36. The Bertz CT molecular complexity index is 839. The maximum absolute atomic E-state index is 10.7. The second-order valence-electron chi connectivity index (χ2n) is 4.70. The fourth-order valence-electron chi connectivity index (χ4n) is 2.16. The van der Waals surface area contributed by atoms with Gasteiger partial charge in [0.25, 0.3) is 5.69 Å². The van der Waals surface area contributed by atoms with Gasteiger partial charge in [0.1, 0.15) is 0 Å². The van der Waals surface area contributed by atoms with E-state index in [1.54, 1.807) is 18.2 Å². The number of non-ortho nitro benzene ring substituents is 1. The molecule has 2 rings (SSSR count). The monoisotopic (exact) mass is 388 g/mol. The Hall–Kier alpha value is -2.85. The van der Waals surface area contributed by atoms with E-state index in [0.717, 1.165) is 4.47 Å². The lowest BCUT2D eigenvalue weighted by Gasteiger charge is -2.11. The minimum atomic E-state index is -0.484. The summed E-state index contributed by atoms with van der Waals surface area (Å²) in [6, 6.07) is 11.5. The number of methoxy groups -OCH3 is 2. The van der Waals surface area contributed by atoms with Gasteiger partial charge in [0.05, 0.1) is 30.8 Å². The molecule has 0 radical (unpaired) electrons. The highest BCUT2D eigenvalue weighted by atomic mass is 79.9. The van der Waals surface area contributed by atoms with Gasteiger partial charge >= 0.3 is 0 Å². The number of nitro benzene ring substituents is 1. The van der Waals surface area contributed by atoms with Crippen molar-refractivity contribution in [2.24, 2.45) is 0 Å². The number of hydrogen-bond acceptors (Lipinski definition) is 5. The lowest BCUT2D eigenvalue weighted by atomic mass is 10.0. The summed E-state index contributed by atoms with van der Waals surface area (Å²) in [7, 11) is 3.04. The molecule has 0 unspecified atom stereocenters. The van der Waals surface area contributed by atoms with Gasteiger partial charge < -0.3 is 9.47 Å². The third-order valence-corrected chi connectivity index (χ3v) is 3.74. The van der Waals surface area contributed by atoms with Crippen molar-refractivity contribution in [3.63, 3.8) is 0 Å². The molecule has 0 spiro atoms. The predicted octanol–water partition coefficient (Wildman–Crippen LogP) is 4.44. The van der Waals surface area contributed by atoms with Gasteiger partial charge in [-0.05, 0) is 35.9 Å². The van der Waals surface area contributed by atoms with E-state index in [2.05, 4.69) is 22.0 Å². The van der Waals surface area contributed by atoms with Gasteiger partial charge in [0.2, 0.25) is 0 Å². The Morgan fingerprint density at radius 3 is 2.42 bits per heavy atom. The fourth-order valence-corrected chi connectivity index (χ4v) is 2.62. The van der Waals surface area contributed by atoms with Crippen molar-refractivity contribution in [1.82, 2.24) is 0 Å². The van der Waals surface area contributed by atoms with Crippen molar-refractivity contribution in [2.45, 2.75) is 0 Å². The number of hydrogen-bond donors (Lipinski definition) is 0. The molecule has 0 N–H and O–H groups in total. The molecule has 2 aromatic carbocycles. The summed E-state index contributed by atoms with van der Waals surface area (Å²) in [4.78, 5) is 10.2. The highest BCUT2D eigenvalue weighted by Gasteiger charge is 2.12. The number of rotatable bonds is 5. The predicted molar refractivity (Wildman–Crippen MR) is 93.8 cm³/mol. The first kappa shape index (κ1) is 17.5. The van der Waals surface area contributed by atoms with E-state index in [1.165, 1.54) is 38.5 Å². The third-order valence-electron chi connectivity index (χ3n) is 3.28. The van der Waals surface area contributed by atoms with Crippen molar-refractivity contribution in [3.05, 3.63) is 62.1 Å². The van der Waals surface area contributed by atoms with Gasteiger partial charge in [-0.1, -0.05) is 15.9 Å².